The maximum atomic E-state index is 11.9. The van der Waals surface area contributed by atoms with Crippen molar-refractivity contribution in [3.63, 3.8) is 0 Å². The van der Waals surface area contributed by atoms with Crippen LogP contribution in [0.15, 0.2) is 35.3 Å². The molecule has 0 unspecified atom stereocenters. The molecule has 122 valence electrons. The maximum Gasteiger partial charge on any atom is 0.266 e. The predicted molar refractivity (Wildman–Crippen MR) is 100 cm³/mol. The standard InChI is InChI=1S/C18H18N4OS/c1-12-21-18(23)17(24-12)11-13-2-3-15-14(10-13)16(4-5-20-15)22-8-6-19-7-9-22/h2-5,10-11,19H,1,6-9H2,(H,21,23)/b17-11+. The van der Waals surface area contributed by atoms with Gasteiger partial charge in [-0.05, 0) is 29.8 Å². The molecule has 0 spiro atoms. The molecule has 0 atom stereocenters. The van der Waals surface area contributed by atoms with Gasteiger partial charge in [0.25, 0.3) is 5.56 Å². The van der Waals surface area contributed by atoms with Crippen molar-refractivity contribution in [2.75, 3.05) is 31.1 Å². The van der Waals surface area contributed by atoms with Crippen molar-refractivity contribution in [2.45, 2.75) is 0 Å². The number of rotatable bonds is 2. The van der Waals surface area contributed by atoms with Crippen molar-refractivity contribution >= 4 is 40.6 Å². The van der Waals surface area contributed by atoms with Crippen LogP contribution in [0.4, 0.5) is 5.69 Å². The Morgan fingerprint density at radius 2 is 2.08 bits per heavy atom. The second-order valence-electron chi connectivity index (χ2n) is 5.83. The minimum absolute atomic E-state index is 0.0846. The topological polar surface area (TPSA) is 61.0 Å². The molecule has 1 aromatic carbocycles. The Morgan fingerprint density at radius 3 is 2.83 bits per heavy atom. The molecular formula is C18H18N4OS. The van der Waals surface area contributed by atoms with Crippen molar-refractivity contribution in [1.82, 2.24) is 15.3 Å². The third-order valence-electron chi connectivity index (χ3n) is 4.21. The largest absolute Gasteiger partial charge is 0.368 e. The molecule has 3 aromatic rings. The number of pyridine rings is 1. The molecule has 0 saturated carbocycles. The molecule has 6 heteroatoms. The predicted octanol–water partition coefficient (Wildman–Crippen LogP) is 0.633. The molecule has 2 N–H and O–H groups in total. The highest BCUT2D eigenvalue weighted by atomic mass is 32.1. The summed E-state index contributed by atoms with van der Waals surface area (Å²) in [7, 11) is 0. The minimum atomic E-state index is -0.0846. The molecule has 1 saturated heterocycles. The number of hydrogen-bond acceptors (Lipinski definition) is 5. The first-order valence-corrected chi connectivity index (χ1v) is 8.76. The van der Waals surface area contributed by atoms with Crippen LogP contribution in [-0.2, 0) is 0 Å². The number of thiazole rings is 1. The number of nitrogens with one attached hydrogen (secondary N) is 2. The van der Waals surface area contributed by atoms with Crippen LogP contribution in [0.25, 0.3) is 23.6 Å². The summed E-state index contributed by atoms with van der Waals surface area (Å²) in [6, 6.07) is 8.20. The molecule has 3 heterocycles. The van der Waals surface area contributed by atoms with Crippen molar-refractivity contribution in [1.29, 1.82) is 0 Å². The molecule has 5 nitrogen and oxygen atoms in total. The van der Waals surface area contributed by atoms with Crippen LogP contribution >= 0.6 is 11.3 Å². The number of aromatic nitrogens is 2. The van der Waals surface area contributed by atoms with Gasteiger partial charge in [-0.3, -0.25) is 9.78 Å². The van der Waals surface area contributed by atoms with Gasteiger partial charge in [0.15, 0.2) is 0 Å². The fourth-order valence-corrected chi connectivity index (χ4v) is 3.81. The third-order valence-corrected chi connectivity index (χ3v) is 5.08. The van der Waals surface area contributed by atoms with Crippen LogP contribution in [0.3, 0.4) is 0 Å². The normalized spacial score (nSPS) is 16.0. The van der Waals surface area contributed by atoms with Crippen molar-refractivity contribution in [3.8, 4) is 0 Å². The molecule has 2 aromatic heterocycles. The Bertz CT molecular complexity index is 1050. The van der Waals surface area contributed by atoms with E-state index in [0.717, 1.165) is 42.6 Å². The van der Waals surface area contributed by atoms with E-state index in [1.807, 2.05) is 24.4 Å². The zero-order valence-corrected chi connectivity index (χ0v) is 14.0. The van der Waals surface area contributed by atoms with E-state index in [1.165, 1.54) is 17.0 Å². The van der Waals surface area contributed by atoms with E-state index in [9.17, 15) is 4.79 Å². The Hall–Kier alpha value is -2.44. The Morgan fingerprint density at radius 1 is 1.25 bits per heavy atom. The quantitative estimate of drug-likeness (QED) is 0.720. The summed E-state index contributed by atoms with van der Waals surface area (Å²) in [6.07, 6.45) is 3.77. The minimum Gasteiger partial charge on any atom is -0.368 e. The molecular weight excluding hydrogens is 320 g/mol. The molecule has 0 bridgehead atoms. The Kier molecular flexibility index (Phi) is 3.92. The molecule has 0 amide bonds. The SMILES string of the molecule is C=c1[nH]c(=O)/c(=C\c2ccc3nccc(N4CCNCC4)c3c2)s1. The summed E-state index contributed by atoms with van der Waals surface area (Å²) >= 11 is 1.38. The van der Waals surface area contributed by atoms with Crippen LogP contribution in [0.1, 0.15) is 5.56 Å². The summed E-state index contributed by atoms with van der Waals surface area (Å²) in [5.74, 6) is 0. The number of H-pyrrole nitrogens is 1. The Balaban J connectivity index is 1.85. The lowest BCUT2D eigenvalue weighted by molar-refractivity contribution is 0.590. The number of fused-ring (bicyclic) bond motifs is 1. The van der Waals surface area contributed by atoms with Gasteiger partial charge in [-0.2, -0.15) is 0 Å². The summed E-state index contributed by atoms with van der Waals surface area (Å²) in [6.45, 7) is 7.75. The number of anilines is 1. The second kappa shape index (κ2) is 6.22. The van der Waals surface area contributed by atoms with Crippen molar-refractivity contribution < 1.29 is 0 Å². The van der Waals surface area contributed by atoms with Gasteiger partial charge in [-0.15, -0.1) is 11.3 Å². The van der Waals surface area contributed by atoms with Gasteiger partial charge in [0, 0.05) is 43.4 Å². The zero-order valence-electron chi connectivity index (χ0n) is 13.2. The summed E-state index contributed by atoms with van der Waals surface area (Å²) in [5.41, 5.74) is 3.09. The van der Waals surface area contributed by atoms with E-state index in [0.29, 0.717) is 9.20 Å². The Labute approximate surface area is 143 Å². The number of nitrogens with zero attached hydrogens (tertiary/aromatic N) is 2. The lowest BCUT2D eigenvalue weighted by Gasteiger charge is -2.30. The molecule has 1 aliphatic heterocycles. The molecule has 0 aliphatic carbocycles. The van der Waals surface area contributed by atoms with Crippen LogP contribution in [0.2, 0.25) is 0 Å². The van der Waals surface area contributed by atoms with E-state index < -0.39 is 0 Å². The summed E-state index contributed by atoms with van der Waals surface area (Å²) in [5, 5.41) is 4.50. The van der Waals surface area contributed by atoms with Crippen LogP contribution in [-0.4, -0.2) is 36.1 Å². The highest BCUT2D eigenvalue weighted by molar-refractivity contribution is 7.07. The van der Waals surface area contributed by atoms with E-state index in [4.69, 9.17) is 0 Å². The molecule has 24 heavy (non-hydrogen) atoms. The highest BCUT2D eigenvalue weighted by Crippen LogP contribution is 2.26. The second-order valence-corrected chi connectivity index (χ2v) is 6.97. The average molecular weight is 338 g/mol. The molecule has 1 fully saturated rings. The van der Waals surface area contributed by atoms with Gasteiger partial charge in [0.05, 0.1) is 14.7 Å². The zero-order chi connectivity index (χ0) is 16.5. The van der Waals surface area contributed by atoms with Gasteiger partial charge >= 0.3 is 0 Å². The van der Waals surface area contributed by atoms with E-state index in [2.05, 4.69) is 38.9 Å². The van der Waals surface area contributed by atoms with Gasteiger partial charge in [0.2, 0.25) is 0 Å². The van der Waals surface area contributed by atoms with Crippen LogP contribution in [0, 0.1) is 0 Å². The van der Waals surface area contributed by atoms with Crippen molar-refractivity contribution in [2.24, 2.45) is 0 Å². The molecule has 1 aliphatic rings. The van der Waals surface area contributed by atoms with E-state index in [1.54, 1.807) is 0 Å². The summed E-state index contributed by atoms with van der Waals surface area (Å²) < 4.78 is 1.35. The highest BCUT2D eigenvalue weighted by Gasteiger charge is 2.13. The van der Waals surface area contributed by atoms with Gasteiger partial charge in [0.1, 0.15) is 0 Å². The summed E-state index contributed by atoms with van der Waals surface area (Å²) in [4.78, 5) is 21.5. The first-order valence-electron chi connectivity index (χ1n) is 7.95. The first kappa shape index (κ1) is 15.1. The van der Waals surface area contributed by atoms with Crippen LogP contribution < -0.4 is 25.0 Å². The fraction of sp³-hybridized carbons (Fsp3) is 0.222. The lowest BCUT2D eigenvalue weighted by Crippen LogP contribution is -2.43. The van der Waals surface area contributed by atoms with Gasteiger partial charge in [-0.1, -0.05) is 12.6 Å². The number of hydrogen-bond donors (Lipinski definition) is 2. The maximum absolute atomic E-state index is 11.9. The number of benzene rings is 1. The smallest absolute Gasteiger partial charge is 0.266 e. The van der Waals surface area contributed by atoms with Crippen LogP contribution in [0.5, 0.6) is 0 Å². The fourth-order valence-electron chi connectivity index (χ4n) is 3.06. The van der Waals surface area contributed by atoms with Crippen molar-refractivity contribution in [3.05, 3.63) is 55.6 Å². The number of aromatic amines is 1. The molecule has 4 rings (SSSR count). The lowest BCUT2D eigenvalue weighted by atomic mass is 10.1. The molecule has 0 radical (unpaired) electrons. The monoisotopic (exact) mass is 338 g/mol. The van der Waals surface area contributed by atoms with Gasteiger partial charge in [-0.25, -0.2) is 0 Å². The van der Waals surface area contributed by atoms with E-state index in [-0.39, 0.29) is 5.56 Å². The number of piperazine rings is 1. The van der Waals surface area contributed by atoms with E-state index >= 15 is 0 Å². The third kappa shape index (κ3) is 2.86. The average Bonchev–Trinajstić information content (AvgIpc) is 2.92. The van der Waals surface area contributed by atoms with Gasteiger partial charge < -0.3 is 15.2 Å². The first-order chi connectivity index (χ1) is 11.7.